The molecule has 2 aromatic rings. The molecule has 3 rings (SSSR count). The van der Waals surface area contributed by atoms with Crippen LogP contribution < -0.4 is 10.1 Å². The maximum atomic E-state index is 12.0. The maximum absolute atomic E-state index is 12.0. The van der Waals surface area contributed by atoms with E-state index in [1.807, 2.05) is 19.1 Å². The Bertz CT molecular complexity index is 652. The second-order valence-electron chi connectivity index (χ2n) is 4.20. The Morgan fingerprint density at radius 3 is 2.78 bits per heavy atom. The average Bonchev–Trinajstić information content (AvgIpc) is 2.44. The molecule has 1 heterocycles. The number of hydrogen-bond acceptors (Lipinski definition) is 2. The lowest BCUT2D eigenvalue weighted by atomic mass is 10.1. The first-order chi connectivity index (χ1) is 8.63. The van der Waals surface area contributed by atoms with E-state index in [0.29, 0.717) is 27.8 Å². The number of carbonyl (C=O) groups excluding carboxylic acids is 1. The molecule has 1 N–H and O–H groups in total. The molecule has 0 radical (unpaired) electrons. The third-order valence-corrected chi connectivity index (χ3v) is 3.03. The third-order valence-electron chi connectivity index (χ3n) is 2.79. The van der Waals surface area contributed by atoms with Crippen molar-refractivity contribution in [2.24, 2.45) is 0 Å². The molecule has 2 aromatic carbocycles. The van der Waals surface area contributed by atoms with Crippen LogP contribution in [-0.4, -0.2) is 5.91 Å². The summed E-state index contributed by atoms with van der Waals surface area (Å²) in [5, 5.41) is 3.37. The Kier molecular flexibility index (Phi) is 2.49. The quantitative estimate of drug-likeness (QED) is 0.776. The topological polar surface area (TPSA) is 38.3 Å². The van der Waals surface area contributed by atoms with Gasteiger partial charge in [-0.1, -0.05) is 17.7 Å². The number of aryl methyl sites for hydroxylation is 1. The molecule has 0 unspecified atom stereocenters. The van der Waals surface area contributed by atoms with Crippen molar-refractivity contribution < 1.29 is 9.53 Å². The van der Waals surface area contributed by atoms with E-state index in [2.05, 4.69) is 5.32 Å². The number of amides is 1. The van der Waals surface area contributed by atoms with E-state index in [-0.39, 0.29) is 5.91 Å². The van der Waals surface area contributed by atoms with Crippen LogP contribution in [0.2, 0.25) is 5.02 Å². The van der Waals surface area contributed by atoms with E-state index >= 15 is 0 Å². The van der Waals surface area contributed by atoms with Crippen molar-refractivity contribution in [2.75, 3.05) is 5.32 Å². The van der Waals surface area contributed by atoms with Gasteiger partial charge in [-0.2, -0.15) is 0 Å². The van der Waals surface area contributed by atoms with Gasteiger partial charge in [0.25, 0.3) is 5.91 Å². The SMILES string of the molecule is Cc1ccc2c(c1)Oc1cc(Cl)ccc1NC2=O. The second-order valence-corrected chi connectivity index (χ2v) is 4.63. The van der Waals surface area contributed by atoms with Gasteiger partial charge >= 0.3 is 0 Å². The van der Waals surface area contributed by atoms with Crippen LogP contribution in [0, 0.1) is 6.92 Å². The molecule has 0 spiro atoms. The average molecular weight is 260 g/mol. The molecule has 1 aliphatic rings. The number of ether oxygens (including phenoxy) is 1. The first-order valence-electron chi connectivity index (χ1n) is 5.53. The zero-order valence-electron chi connectivity index (χ0n) is 9.66. The number of benzene rings is 2. The van der Waals surface area contributed by atoms with E-state index in [9.17, 15) is 4.79 Å². The Morgan fingerprint density at radius 2 is 1.94 bits per heavy atom. The highest BCUT2D eigenvalue weighted by Crippen LogP contribution is 2.37. The Hall–Kier alpha value is -2.00. The van der Waals surface area contributed by atoms with Crippen molar-refractivity contribution in [3.8, 4) is 11.5 Å². The Morgan fingerprint density at radius 1 is 1.11 bits per heavy atom. The Balaban J connectivity index is 2.18. The van der Waals surface area contributed by atoms with Crippen LogP contribution in [-0.2, 0) is 0 Å². The number of carbonyl (C=O) groups is 1. The van der Waals surface area contributed by atoms with Crippen molar-refractivity contribution in [2.45, 2.75) is 6.92 Å². The van der Waals surface area contributed by atoms with Crippen molar-refractivity contribution in [1.29, 1.82) is 0 Å². The van der Waals surface area contributed by atoms with Gasteiger partial charge < -0.3 is 10.1 Å². The van der Waals surface area contributed by atoms with E-state index < -0.39 is 0 Å². The van der Waals surface area contributed by atoms with Crippen molar-refractivity contribution in [3.05, 3.63) is 52.5 Å². The summed E-state index contributed by atoms with van der Waals surface area (Å²) >= 11 is 5.93. The Labute approximate surface area is 109 Å². The predicted molar refractivity (Wildman–Crippen MR) is 70.7 cm³/mol. The van der Waals surface area contributed by atoms with Gasteiger partial charge in [-0.05, 0) is 36.8 Å². The molecule has 0 atom stereocenters. The number of anilines is 1. The maximum Gasteiger partial charge on any atom is 0.259 e. The number of hydrogen-bond donors (Lipinski definition) is 1. The van der Waals surface area contributed by atoms with Crippen LogP contribution in [0.4, 0.5) is 5.69 Å². The van der Waals surface area contributed by atoms with Gasteiger partial charge in [0.15, 0.2) is 5.75 Å². The molecule has 0 saturated carbocycles. The first kappa shape index (κ1) is 11.1. The first-order valence-corrected chi connectivity index (χ1v) is 5.91. The van der Waals surface area contributed by atoms with Crippen LogP contribution in [0.5, 0.6) is 11.5 Å². The lowest BCUT2D eigenvalue weighted by Crippen LogP contribution is -2.10. The highest BCUT2D eigenvalue weighted by Gasteiger charge is 2.20. The van der Waals surface area contributed by atoms with Crippen molar-refractivity contribution in [3.63, 3.8) is 0 Å². The highest BCUT2D eigenvalue weighted by atomic mass is 35.5. The summed E-state index contributed by atoms with van der Waals surface area (Å²) in [6.45, 7) is 1.95. The zero-order chi connectivity index (χ0) is 12.7. The predicted octanol–water partition coefficient (Wildman–Crippen LogP) is 4.01. The lowest BCUT2D eigenvalue weighted by molar-refractivity contribution is 0.102. The molecule has 0 saturated heterocycles. The van der Waals surface area contributed by atoms with Crippen LogP contribution >= 0.6 is 11.6 Å². The van der Waals surface area contributed by atoms with Crippen LogP contribution in [0.3, 0.4) is 0 Å². The largest absolute Gasteiger partial charge is 0.454 e. The normalized spacial score (nSPS) is 12.9. The number of rotatable bonds is 0. The van der Waals surface area contributed by atoms with E-state index in [0.717, 1.165) is 5.56 Å². The molecule has 90 valence electrons. The summed E-state index contributed by atoms with van der Waals surface area (Å²) in [7, 11) is 0. The monoisotopic (exact) mass is 259 g/mol. The van der Waals surface area contributed by atoms with Gasteiger partial charge in [0.05, 0.1) is 11.3 Å². The van der Waals surface area contributed by atoms with Crippen molar-refractivity contribution >= 4 is 23.2 Å². The zero-order valence-corrected chi connectivity index (χ0v) is 10.4. The van der Waals surface area contributed by atoms with Gasteiger partial charge in [-0.25, -0.2) is 0 Å². The number of fused-ring (bicyclic) bond motifs is 2. The number of halogens is 1. The fraction of sp³-hybridized carbons (Fsp3) is 0.0714. The van der Waals surface area contributed by atoms with Gasteiger partial charge in [0, 0.05) is 11.1 Å². The van der Waals surface area contributed by atoms with Gasteiger partial charge in [-0.15, -0.1) is 0 Å². The molecule has 18 heavy (non-hydrogen) atoms. The summed E-state index contributed by atoms with van der Waals surface area (Å²) in [5.41, 5.74) is 2.18. The molecule has 1 aliphatic heterocycles. The van der Waals surface area contributed by atoms with E-state index in [4.69, 9.17) is 16.3 Å². The van der Waals surface area contributed by atoms with Gasteiger partial charge in [0.2, 0.25) is 0 Å². The minimum Gasteiger partial charge on any atom is -0.454 e. The minimum atomic E-state index is -0.175. The fourth-order valence-corrected chi connectivity index (χ4v) is 2.06. The molecular weight excluding hydrogens is 250 g/mol. The molecule has 3 nitrogen and oxygen atoms in total. The lowest BCUT2D eigenvalue weighted by Gasteiger charge is -2.08. The molecular formula is C14H10ClNO2. The molecule has 0 fully saturated rings. The summed E-state index contributed by atoms with van der Waals surface area (Å²) in [6.07, 6.45) is 0. The van der Waals surface area contributed by atoms with E-state index in [1.54, 1.807) is 24.3 Å². The molecule has 0 aromatic heterocycles. The summed E-state index contributed by atoms with van der Waals surface area (Å²) in [6, 6.07) is 10.6. The minimum absolute atomic E-state index is 0.175. The molecule has 0 bridgehead atoms. The standard InChI is InChI=1S/C14H10ClNO2/c1-8-2-4-10-12(6-8)18-13-7-9(15)3-5-11(13)16-14(10)17/h2-7H,1H3,(H,16,17). The summed E-state index contributed by atoms with van der Waals surface area (Å²) in [5.74, 6) is 0.930. The fourth-order valence-electron chi connectivity index (χ4n) is 1.89. The smallest absolute Gasteiger partial charge is 0.259 e. The van der Waals surface area contributed by atoms with Crippen molar-refractivity contribution in [1.82, 2.24) is 0 Å². The van der Waals surface area contributed by atoms with Crippen LogP contribution in [0.1, 0.15) is 15.9 Å². The highest BCUT2D eigenvalue weighted by molar-refractivity contribution is 6.30. The van der Waals surface area contributed by atoms with E-state index in [1.165, 1.54) is 0 Å². The molecule has 0 aliphatic carbocycles. The molecule has 1 amide bonds. The summed E-state index contributed by atoms with van der Waals surface area (Å²) < 4.78 is 5.77. The molecule has 4 heteroatoms. The number of nitrogens with one attached hydrogen (secondary N) is 1. The third kappa shape index (κ3) is 1.83. The summed E-state index contributed by atoms with van der Waals surface area (Å²) in [4.78, 5) is 12.0. The van der Waals surface area contributed by atoms with Gasteiger partial charge in [-0.3, -0.25) is 4.79 Å². The van der Waals surface area contributed by atoms with Crippen LogP contribution in [0.25, 0.3) is 0 Å². The van der Waals surface area contributed by atoms with Crippen LogP contribution in [0.15, 0.2) is 36.4 Å². The second kappa shape index (κ2) is 4.03. The van der Waals surface area contributed by atoms with Gasteiger partial charge in [0.1, 0.15) is 5.75 Å².